The molecule has 356 valence electrons. The highest BCUT2D eigenvalue weighted by Crippen LogP contribution is 2.33. The summed E-state index contributed by atoms with van der Waals surface area (Å²) in [6.45, 7) is 5.61. The number of non-ortho nitro benzene ring substituents is 1. The molecule has 0 spiro atoms. The lowest BCUT2D eigenvalue weighted by molar-refractivity contribution is -0.383. The van der Waals surface area contributed by atoms with E-state index in [1.165, 1.54) is 35.2 Å². The van der Waals surface area contributed by atoms with Crippen molar-refractivity contribution in [2.24, 2.45) is 77.0 Å². The molecule has 1 heterocycles. The fourth-order valence-corrected chi connectivity index (χ4v) is 5.45. The monoisotopic (exact) mass is 926 g/mol. The molecule has 66 heavy (non-hydrogen) atoms. The molecule has 0 aliphatic carbocycles. The van der Waals surface area contributed by atoms with E-state index in [4.69, 9.17) is 56.2 Å². The van der Waals surface area contributed by atoms with Gasteiger partial charge >= 0.3 is 5.69 Å². The summed E-state index contributed by atoms with van der Waals surface area (Å²) in [5, 5.41) is 41.4. The van der Waals surface area contributed by atoms with Gasteiger partial charge in [-0.2, -0.15) is 0 Å². The molecule has 3 rings (SSSR count). The third-order valence-electron chi connectivity index (χ3n) is 8.44. The Hall–Kier alpha value is -9.10. The molecule has 0 aliphatic rings. The average Bonchev–Trinajstić information content (AvgIpc) is 3.71. The molecule has 0 saturated carbocycles. The van der Waals surface area contributed by atoms with Crippen LogP contribution in [0.5, 0.6) is 0 Å². The smallest absolute Gasteiger partial charge is 0.300 e. The van der Waals surface area contributed by atoms with Gasteiger partial charge in [0.2, 0.25) is 42.3 Å². The minimum atomic E-state index is -2.17. The van der Waals surface area contributed by atoms with E-state index in [1.54, 1.807) is 6.07 Å². The molecular formula is C34H50N22O10. The van der Waals surface area contributed by atoms with Gasteiger partial charge in [-0.25, -0.2) is 24.6 Å². The maximum absolute atomic E-state index is 14.1. The first-order chi connectivity index (χ1) is 30.8. The minimum Gasteiger partial charge on any atom is -0.370 e. The first kappa shape index (κ1) is 51.3. The van der Waals surface area contributed by atoms with Gasteiger partial charge in [0.15, 0.2) is 29.4 Å². The zero-order valence-electron chi connectivity index (χ0n) is 35.3. The SMILES string of the molecule is CC(C)(C)CCN(c1ccc([N+](=O)[O-])c2nonc12)C(O)C(=O)NC(C(=O)NC(N=C(N)N)C(=O)NC(N=C(N)N)C(=O)NC(N=C(N)N)C(=O)NC(N=C(N)N)C(N)=O)c1ccccc1. The molecule has 24 N–H and O–H groups in total. The number of carbonyl (C=O) groups excluding carboxylic acids is 6. The molecule has 6 atom stereocenters. The van der Waals surface area contributed by atoms with Crippen LogP contribution in [0.25, 0.3) is 11.0 Å². The van der Waals surface area contributed by atoms with E-state index in [-0.39, 0.29) is 34.2 Å². The number of nitrogens with zero attached hydrogens (tertiary/aromatic N) is 8. The largest absolute Gasteiger partial charge is 0.370 e. The summed E-state index contributed by atoms with van der Waals surface area (Å²) in [6, 6.07) is 8.01. The second-order valence-corrected chi connectivity index (χ2v) is 14.8. The third-order valence-corrected chi connectivity index (χ3v) is 8.44. The molecule has 0 aliphatic heterocycles. The Morgan fingerprint density at radius 1 is 0.667 bits per heavy atom. The predicted octanol–water partition coefficient (Wildman–Crippen LogP) is -7.10. The van der Waals surface area contributed by atoms with Gasteiger partial charge in [0.25, 0.3) is 29.5 Å². The van der Waals surface area contributed by atoms with Gasteiger partial charge in [-0.05, 0) is 33.8 Å². The highest BCUT2D eigenvalue weighted by molar-refractivity contribution is 6.00. The van der Waals surface area contributed by atoms with E-state index in [0.717, 1.165) is 6.07 Å². The number of aliphatic hydroxyl groups is 1. The molecule has 1 aromatic heterocycles. The van der Waals surface area contributed by atoms with E-state index in [0.29, 0.717) is 6.42 Å². The van der Waals surface area contributed by atoms with E-state index in [1.807, 2.05) is 31.4 Å². The van der Waals surface area contributed by atoms with Crippen LogP contribution in [-0.4, -0.2) is 117 Å². The third kappa shape index (κ3) is 14.8. The highest BCUT2D eigenvalue weighted by atomic mass is 16.6. The van der Waals surface area contributed by atoms with Crippen LogP contribution in [0.2, 0.25) is 0 Å². The van der Waals surface area contributed by atoms with Crippen LogP contribution in [-0.2, 0) is 28.8 Å². The number of aromatic nitrogens is 2. The fourth-order valence-electron chi connectivity index (χ4n) is 5.45. The van der Waals surface area contributed by atoms with Crippen LogP contribution in [0.3, 0.4) is 0 Å². The molecule has 6 unspecified atom stereocenters. The van der Waals surface area contributed by atoms with Gasteiger partial charge in [0.1, 0.15) is 6.04 Å². The van der Waals surface area contributed by atoms with E-state index < -0.39 is 107 Å². The number of amides is 6. The number of anilines is 1. The molecule has 32 nitrogen and oxygen atoms in total. The molecule has 6 amide bonds. The first-order valence-electron chi connectivity index (χ1n) is 18.8. The van der Waals surface area contributed by atoms with Gasteiger partial charge in [0, 0.05) is 12.6 Å². The van der Waals surface area contributed by atoms with Crippen LogP contribution >= 0.6 is 0 Å². The number of rotatable bonds is 21. The van der Waals surface area contributed by atoms with Crippen molar-refractivity contribution in [3.05, 3.63) is 58.1 Å². The van der Waals surface area contributed by atoms with Gasteiger partial charge in [0.05, 0.1) is 10.6 Å². The van der Waals surface area contributed by atoms with Crippen LogP contribution in [0, 0.1) is 15.5 Å². The van der Waals surface area contributed by atoms with Gasteiger partial charge in [-0.15, -0.1) is 0 Å². The summed E-state index contributed by atoms with van der Waals surface area (Å²) < 4.78 is 4.77. The minimum absolute atomic E-state index is 0.0133. The van der Waals surface area contributed by atoms with Gasteiger partial charge in [-0.1, -0.05) is 51.1 Å². The second kappa shape index (κ2) is 22.3. The van der Waals surface area contributed by atoms with Gasteiger partial charge in [-0.3, -0.25) is 38.9 Å². The Bertz CT molecular complexity index is 2400. The van der Waals surface area contributed by atoms with Crippen molar-refractivity contribution in [1.82, 2.24) is 36.9 Å². The predicted molar refractivity (Wildman–Crippen MR) is 233 cm³/mol. The maximum atomic E-state index is 14.1. The number of nitrogens with two attached hydrogens (primary N) is 9. The summed E-state index contributed by atoms with van der Waals surface area (Å²) in [5.74, 6) is -10.8. The van der Waals surface area contributed by atoms with Crippen molar-refractivity contribution in [3.63, 3.8) is 0 Å². The topological polar surface area (TPSA) is 552 Å². The molecule has 0 saturated heterocycles. The Morgan fingerprint density at radius 2 is 1.11 bits per heavy atom. The molecule has 3 aromatic rings. The number of primary amides is 1. The lowest BCUT2D eigenvalue weighted by Gasteiger charge is -2.32. The number of nitrogens with one attached hydrogen (secondary N) is 5. The molecule has 32 heteroatoms. The number of aliphatic imine (C=N–C) groups is 4. The fraction of sp³-hybridized carbons (Fsp3) is 0.353. The molecule has 2 aromatic carbocycles. The number of hydrogen-bond acceptors (Lipinski definition) is 17. The summed E-state index contributed by atoms with van der Waals surface area (Å²) in [5.41, 5.74) is 47.5. The quantitative estimate of drug-likeness (QED) is 0.0155. The van der Waals surface area contributed by atoms with Crippen molar-refractivity contribution in [2.75, 3.05) is 11.4 Å². The van der Waals surface area contributed by atoms with Crippen molar-refractivity contribution < 1.29 is 43.4 Å². The van der Waals surface area contributed by atoms with Crippen LogP contribution in [0.1, 0.15) is 38.8 Å². The molecule has 0 radical (unpaired) electrons. The summed E-state index contributed by atoms with van der Waals surface area (Å²) in [7, 11) is 0. The Morgan fingerprint density at radius 3 is 1.55 bits per heavy atom. The average molecular weight is 927 g/mol. The van der Waals surface area contributed by atoms with Gasteiger partial charge < -0.3 is 88.2 Å². The summed E-state index contributed by atoms with van der Waals surface area (Å²) in [6.07, 6.45) is -10.0. The number of guanidine groups is 4. The number of hydrogen-bond donors (Lipinski definition) is 15. The maximum Gasteiger partial charge on any atom is 0.300 e. The standard InChI is InChI=1S/C34H50N22O10/c1-34(2,3)11-12-55(14-9-10-15(56(64)65)18-17(14)53-66-54-18)29(63)28(62)44-16(13-7-5-4-6-8-13)24(58)46-21(50-31(38)39)26(60)48-23(52-33(42)43)27(61)47-22(51-32(40)41)25(59)45-20(19(35)57)49-30(36)37/h4-10,16,20-23,29,63H,11-12H2,1-3H3,(H2,35,57)(H,44,62)(H,45,59)(H,46,58)(H,47,61)(H,48,60)(H4,36,37,49)(H4,38,39,50)(H4,40,41,51)(H4,42,43,52). The number of fused-ring (bicyclic) bond motifs is 1. The molecular weight excluding hydrogens is 877 g/mol. The number of carbonyl (C=O) groups is 6. The number of nitro benzene ring substituents is 1. The van der Waals surface area contributed by atoms with E-state index >= 15 is 0 Å². The van der Waals surface area contributed by atoms with E-state index in [2.05, 4.69) is 46.2 Å². The Kier molecular flexibility index (Phi) is 17.3. The number of benzene rings is 2. The zero-order valence-corrected chi connectivity index (χ0v) is 35.3. The lowest BCUT2D eigenvalue weighted by atomic mass is 9.92. The normalized spacial score (nSPS) is 13.6. The Balaban J connectivity index is 1.97. The first-order valence-corrected chi connectivity index (χ1v) is 18.8. The number of aliphatic hydroxyl groups excluding tert-OH is 1. The lowest BCUT2D eigenvalue weighted by Crippen LogP contribution is -2.58. The van der Waals surface area contributed by atoms with Crippen molar-refractivity contribution in [2.45, 2.75) is 64.1 Å². The molecule has 0 fully saturated rings. The van der Waals surface area contributed by atoms with Crippen LogP contribution < -0.4 is 83.1 Å². The molecule has 0 bridgehead atoms. The zero-order chi connectivity index (χ0) is 49.6. The van der Waals surface area contributed by atoms with Crippen molar-refractivity contribution >= 4 is 81.7 Å². The highest BCUT2D eigenvalue weighted by Gasteiger charge is 2.36. The Labute approximate surface area is 372 Å². The van der Waals surface area contributed by atoms with Crippen molar-refractivity contribution in [1.29, 1.82) is 0 Å². The van der Waals surface area contributed by atoms with E-state index in [9.17, 15) is 44.0 Å². The van der Waals surface area contributed by atoms with Crippen LogP contribution in [0.15, 0.2) is 67.1 Å². The van der Waals surface area contributed by atoms with Crippen LogP contribution in [0.4, 0.5) is 11.4 Å². The summed E-state index contributed by atoms with van der Waals surface area (Å²) >= 11 is 0. The number of nitro groups is 1. The second-order valence-electron chi connectivity index (χ2n) is 14.8. The summed E-state index contributed by atoms with van der Waals surface area (Å²) in [4.78, 5) is 107. The van der Waals surface area contributed by atoms with Crippen molar-refractivity contribution in [3.8, 4) is 0 Å².